The normalized spacial score (nSPS) is 22.1. The molecular weight excluding hydrogens is 224 g/mol. The molecule has 1 fully saturated rings. The zero-order chi connectivity index (χ0) is 12.4. The smallest absolute Gasteiger partial charge is 0.117 e. The third-order valence-electron chi connectivity index (χ3n) is 3.54. The molecule has 2 aromatic rings. The molecule has 1 aliphatic carbocycles. The van der Waals surface area contributed by atoms with Crippen LogP contribution in [-0.4, -0.2) is 4.98 Å². The minimum Gasteiger partial charge on any atom is -0.464 e. The van der Waals surface area contributed by atoms with Crippen molar-refractivity contribution in [1.29, 1.82) is 0 Å². The second kappa shape index (κ2) is 4.94. The molecule has 0 aliphatic heterocycles. The summed E-state index contributed by atoms with van der Waals surface area (Å²) in [6, 6.07) is 8.25. The number of hydrogen-bond donors (Lipinski definition) is 1. The molecule has 3 nitrogen and oxygen atoms in total. The zero-order valence-electron chi connectivity index (χ0n) is 10.6. The second-order valence-electron chi connectivity index (χ2n) is 5.08. The molecule has 2 heterocycles. The number of pyridine rings is 1. The van der Waals surface area contributed by atoms with Crippen molar-refractivity contribution < 1.29 is 4.42 Å². The Morgan fingerprint density at radius 2 is 2.00 bits per heavy atom. The van der Waals surface area contributed by atoms with E-state index in [2.05, 4.69) is 29.4 Å². The molecule has 2 aromatic heterocycles. The van der Waals surface area contributed by atoms with Crippen LogP contribution in [0.5, 0.6) is 0 Å². The number of nitrogens with zero attached hydrogens (tertiary/aromatic N) is 1. The van der Waals surface area contributed by atoms with Gasteiger partial charge >= 0.3 is 0 Å². The first-order chi connectivity index (χ1) is 8.83. The summed E-state index contributed by atoms with van der Waals surface area (Å²) >= 11 is 0. The third kappa shape index (κ3) is 2.62. The van der Waals surface area contributed by atoms with E-state index in [-0.39, 0.29) is 0 Å². The van der Waals surface area contributed by atoms with Crippen LogP contribution in [0.4, 0.5) is 0 Å². The topological polar surface area (TPSA) is 38.1 Å². The summed E-state index contributed by atoms with van der Waals surface area (Å²) in [5, 5.41) is 3.38. The number of nitrogens with one attached hydrogen (secondary N) is 1. The van der Waals surface area contributed by atoms with E-state index in [4.69, 9.17) is 4.42 Å². The van der Waals surface area contributed by atoms with Crippen molar-refractivity contribution in [2.24, 2.45) is 5.92 Å². The van der Waals surface area contributed by atoms with Crippen LogP contribution in [0.25, 0.3) is 0 Å². The van der Waals surface area contributed by atoms with Gasteiger partial charge in [0.2, 0.25) is 0 Å². The molecule has 0 bridgehead atoms. The first-order valence-electron chi connectivity index (χ1n) is 6.51. The number of aromatic nitrogens is 1. The largest absolute Gasteiger partial charge is 0.464 e. The molecule has 0 amide bonds. The van der Waals surface area contributed by atoms with Crippen LogP contribution in [0.2, 0.25) is 0 Å². The van der Waals surface area contributed by atoms with E-state index < -0.39 is 0 Å². The van der Waals surface area contributed by atoms with Gasteiger partial charge < -0.3 is 9.73 Å². The molecule has 94 valence electrons. The van der Waals surface area contributed by atoms with Gasteiger partial charge in [-0.05, 0) is 42.2 Å². The minimum absolute atomic E-state index is 0.666. The van der Waals surface area contributed by atoms with Gasteiger partial charge in [-0.15, -0.1) is 0 Å². The fraction of sp³-hybridized carbons (Fsp3) is 0.400. The van der Waals surface area contributed by atoms with E-state index in [1.165, 1.54) is 12.0 Å². The summed E-state index contributed by atoms with van der Waals surface area (Å²) in [7, 11) is 0. The Morgan fingerprint density at radius 1 is 1.22 bits per heavy atom. The highest BCUT2D eigenvalue weighted by molar-refractivity contribution is 5.17. The molecule has 2 atom stereocenters. The molecule has 0 radical (unpaired) electrons. The van der Waals surface area contributed by atoms with Gasteiger partial charge in [0.1, 0.15) is 11.5 Å². The van der Waals surface area contributed by atoms with Crippen molar-refractivity contribution in [2.75, 3.05) is 0 Å². The monoisotopic (exact) mass is 242 g/mol. The predicted octanol–water partition coefficient (Wildman–Crippen LogP) is 3.09. The Balaban J connectivity index is 1.50. The Hall–Kier alpha value is -1.61. The maximum absolute atomic E-state index is 5.84. The van der Waals surface area contributed by atoms with Crippen LogP contribution in [0.15, 0.2) is 41.1 Å². The average Bonchev–Trinajstić information content (AvgIpc) is 2.94. The van der Waals surface area contributed by atoms with E-state index in [1.807, 2.05) is 24.5 Å². The Morgan fingerprint density at radius 3 is 2.72 bits per heavy atom. The van der Waals surface area contributed by atoms with Gasteiger partial charge in [-0.2, -0.15) is 0 Å². The minimum atomic E-state index is 0.666. The van der Waals surface area contributed by atoms with E-state index in [0.29, 0.717) is 5.92 Å². The summed E-state index contributed by atoms with van der Waals surface area (Å²) in [6.45, 7) is 3.90. The van der Waals surface area contributed by atoms with Crippen molar-refractivity contribution in [3.05, 3.63) is 53.7 Å². The molecule has 3 heteroatoms. The highest BCUT2D eigenvalue weighted by atomic mass is 16.3. The Labute approximate surface area is 107 Å². The summed E-state index contributed by atoms with van der Waals surface area (Å²) in [6.07, 6.45) is 4.91. The molecule has 18 heavy (non-hydrogen) atoms. The zero-order valence-corrected chi connectivity index (χ0v) is 10.6. The molecule has 1 saturated carbocycles. The SMILES string of the molecule is C[C@@H]1C[C@H]1c1ccc(CNCc2ccncc2)o1. The highest BCUT2D eigenvalue weighted by Crippen LogP contribution is 2.47. The summed E-state index contributed by atoms with van der Waals surface area (Å²) in [4.78, 5) is 4.00. The van der Waals surface area contributed by atoms with Crippen LogP contribution in [0.3, 0.4) is 0 Å². The molecule has 3 rings (SSSR count). The molecule has 0 spiro atoms. The van der Waals surface area contributed by atoms with Crippen LogP contribution < -0.4 is 5.32 Å². The van der Waals surface area contributed by atoms with Crippen LogP contribution in [-0.2, 0) is 13.1 Å². The van der Waals surface area contributed by atoms with E-state index >= 15 is 0 Å². The van der Waals surface area contributed by atoms with Crippen LogP contribution >= 0.6 is 0 Å². The van der Waals surface area contributed by atoms with Gasteiger partial charge in [0, 0.05) is 24.9 Å². The molecule has 1 N–H and O–H groups in total. The molecule has 0 aromatic carbocycles. The van der Waals surface area contributed by atoms with E-state index in [9.17, 15) is 0 Å². The van der Waals surface area contributed by atoms with Gasteiger partial charge in [-0.25, -0.2) is 0 Å². The summed E-state index contributed by atoms with van der Waals surface area (Å²) in [5.41, 5.74) is 1.24. The second-order valence-corrected chi connectivity index (χ2v) is 5.08. The lowest BCUT2D eigenvalue weighted by Gasteiger charge is -2.02. The van der Waals surface area contributed by atoms with Crippen LogP contribution in [0, 0.1) is 5.92 Å². The van der Waals surface area contributed by atoms with Crippen molar-refractivity contribution in [3.63, 3.8) is 0 Å². The van der Waals surface area contributed by atoms with Crippen molar-refractivity contribution in [3.8, 4) is 0 Å². The number of furan rings is 1. The van der Waals surface area contributed by atoms with Gasteiger partial charge in [0.25, 0.3) is 0 Å². The molecule has 1 aliphatic rings. The average molecular weight is 242 g/mol. The molecular formula is C15H18N2O. The standard InChI is InChI=1S/C15H18N2O/c1-11-8-14(11)15-3-2-13(18-15)10-17-9-12-4-6-16-7-5-12/h2-7,11,14,17H,8-10H2,1H3/t11-,14-/m1/s1. The lowest BCUT2D eigenvalue weighted by molar-refractivity contribution is 0.444. The lowest BCUT2D eigenvalue weighted by Crippen LogP contribution is -2.11. The maximum atomic E-state index is 5.84. The predicted molar refractivity (Wildman–Crippen MR) is 70.0 cm³/mol. The fourth-order valence-electron chi connectivity index (χ4n) is 2.24. The molecule has 0 unspecified atom stereocenters. The Bertz CT molecular complexity index is 506. The fourth-order valence-corrected chi connectivity index (χ4v) is 2.24. The van der Waals surface area contributed by atoms with Gasteiger partial charge in [0.15, 0.2) is 0 Å². The first-order valence-corrected chi connectivity index (χ1v) is 6.51. The first kappa shape index (κ1) is 11.5. The Kier molecular flexibility index (Phi) is 3.15. The maximum Gasteiger partial charge on any atom is 0.117 e. The van der Waals surface area contributed by atoms with Gasteiger partial charge in [0.05, 0.1) is 6.54 Å². The number of rotatable bonds is 5. The van der Waals surface area contributed by atoms with Gasteiger partial charge in [-0.3, -0.25) is 4.98 Å². The summed E-state index contributed by atoms with van der Waals surface area (Å²) in [5.74, 6) is 3.65. The molecule has 0 saturated heterocycles. The van der Waals surface area contributed by atoms with E-state index in [0.717, 1.165) is 30.5 Å². The highest BCUT2D eigenvalue weighted by Gasteiger charge is 2.36. The van der Waals surface area contributed by atoms with Gasteiger partial charge in [-0.1, -0.05) is 6.92 Å². The van der Waals surface area contributed by atoms with Crippen molar-refractivity contribution in [2.45, 2.75) is 32.4 Å². The van der Waals surface area contributed by atoms with Crippen LogP contribution in [0.1, 0.15) is 36.3 Å². The lowest BCUT2D eigenvalue weighted by atomic mass is 10.2. The number of hydrogen-bond acceptors (Lipinski definition) is 3. The van der Waals surface area contributed by atoms with Crippen molar-refractivity contribution >= 4 is 0 Å². The third-order valence-corrected chi connectivity index (χ3v) is 3.54. The van der Waals surface area contributed by atoms with Crippen molar-refractivity contribution in [1.82, 2.24) is 10.3 Å². The quantitative estimate of drug-likeness (QED) is 0.875. The van der Waals surface area contributed by atoms with E-state index in [1.54, 1.807) is 0 Å². The summed E-state index contributed by atoms with van der Waals surface area (Å²) < 4.78 is 5.84.